The minimum atomic E-state index is -1.26. The second-order valence-electron chi connectivity index (χ2n) is 15.9. The molecule has 1 saturated carbocycles. The van der Waals surface area contributed by atoms with E-state index in [0.29, 0.717) is 30.5 Å². The van der Waals surface area contributed by atoms with E-state index >= 15 is 8.78 Å². The Labute approximate surface area is 318 Å². The second kappa shape index (κ2) is 14.3. The highest BCUT2D eigenvalue weighted by atomic mass is 19.1. The van der Waals surface area contributed by atoms with E-state index in [9.17, 15) is 15.0 Å². The first kappa shape index (κ1) is 37.1. The summed E-state index contributed by atoms with van der Waals surface area (Å²) in [4.78, 5) is 32.2. The van der Waals surface area contributed by atoms with Gasteiger partial charge in [-0.2, -0.15) is 9.97 Å². The fourth-order valence-electron chi connectivity index (χ4n) is 9.37. The lowest BCUT2D eigenvalue weighted by atomic mass is 9.75. The summed E-state index contributed by atoms with van der Waals surface area (Å²) in [6, 6.07) is 5.61. The second-order valence-corrected chi connectivity index (χ2v) is 15.9. The van der Waals surface area contributed by atoms with Gasteiger partial charge in [-0.05, 0) is 62.7 Å². The lowest BCUT2D eigenvalue weighted by molar-refractivity contribution is -0.136. The Morgan fingerprint density at radius 2 is 1.93 bits per heavy atom. The lowest BCUT2D eigenvalue weighted by Crippen LogP contribution is -2.58. The maximum atomic E-state index is 17.3. The van der Waals surface area contributed by atoms with Crippen molar-refractivity contribution < 1.29 is 38.0 Å². The SMILES string of the molecule is C#Cc1c(F)ccc2cc(O)cc(-c3nc(OC)c4c(N5CCOC[C@@](C)(O)C5)nc(OC[C@]56CCCC5N(CC5CN(C(C)=O)C5)CCC6)nc4c3F)c12. The van der Waals surface area contributed by atoms with Crippen LogP contribution in [0.25, 0.3) is 32.9 Å². The minimum Gasteiger partial charge on any atom is -0.508 e. The van der Waals surface area contributed by atoms with Gasteiger partial charge in [-0.1, -0.05) is 18.4 Å². The molecular weight excluding hydrogens is 710 g/mol. The van der Waals surface area contributed by atoms with E-state index in [0.717, 1.165) is 58.3 Å². The Hall–Kier alpha value is -4.84. The maximum Gasteiger partial charge on any atom is 0.319 e. The number of aromatic hydroxyl groups is 1. The van der Waals surface area contributed by atoms with Crippen LogP contribution in [-0.4, -0.2) is 119 Å². The topological polar surface area (TPSA) is 134 Å². The maximum absolute atomic E-state index is 17.3. The molecule has 14 heteroatoms. The molecule has 4 fully saturated rings. The van der Waals surface area contributed by atoms with Gasteiger partial charge in [-0.25, -0.2) is 13.8 Å². The Bertz CT molecular complexity index is 2210. The van der Waals surface area contributed by atoms with Gasteiger partial charge in [0.15, 0.2) is 5.82 Å². The molecule has 3 saturated heterocycles. The Balaban J connectivity index is 1.22. The third-order valence-corrected chi connectivity index (χ3v) is 11.9. The van der Waals surface area contributed by atoms with Crippen LogP contribution in [0.15, 0.2) is 24.3 Å². The summed E-state index contributed by atoms with van der Waals surface area (Å²) in [6.07, 6.45) is 10.8. The van der Waals surface area contributed by atoms with Crippen molar-refractivity contribution in [2.24, 2.45) is 11.3 Å². The smallest absolute Gasteiger partial charge is 0.319 e. The molecule has 2 aromatic heterocycles. The number of carbonyl (C=O) groups is 1. The number of hydrogen-bond acceptors (Lipinski definition) is 11. The van der Waals surface area contributed by atoms with Crippen molar-refractivity contribution in [3.63, 3.8) is 0 Å². The molecule has 8 rings (SSSR count). The number of halogens is 2. The van der Waals surface area contributed by atoms with Gasteiger partial charge in [-0.3, -0.25) is 9.69 Å². The highest BCUT2D eigenvalue weighted by Gasteiger charge is 2.49. The molecular formula is C41H46F2N6O6. The monoisotopic (exact) mass is 756 g/mol. The number of rotatable bonds is 8. The van der Waals surface area contributed by atoms with E-state index in [4.69, 9.17) is 25.6 Å². The van der Waals surface area contributed by atoms with Crippen LogP contribution in [0.5, 0.6) is 17.6 Å². The molecule has 1 aliphatic carbocycles. The van der Waals surface area contributed by atoms with Crippen molar-refractivity contribution in [2.45, 2.75) is 57.6 Å². The normalized spacial score (nSPS) is 24.7. The average Bonchev–Trinajstić information content (AvgIpc) is 3.49. The predicted octanol–water partition coefficient (Wildman–Crippen LogP) is 4.90. The summed E-state index contributed by atoms with van der Waals surface area (Å²) in [7, 11) is 1.39. The average molecular weight is 757 g/mol. The molecule has 1 unspecified atom stereocenters. The number of phenolic OH excluding ortho intramolecular Hbond substituents is 1. The first-order valence-corrected chi connectivity index (χ1v) is 18.9. The molecule has 3 atom stereocenters. The van der Waals surface area contributed by atoms with Crippen LogP contribution in [0.2, 0.25) is 0 Å². The number of aliphatic hydroxyl groups is 1. The molecule has 5 heterocycles. The third-order valence-electron chi connectivity index (χ3n) is 11.9. The standard InChI is InChI=1S/C41H46F2N6O6/c1-5-28-30(42)10-9-26-16-27(51)17-29(32(26)28)35-34(43)36-33(38(44-35)53-4)37(48-14-15-54-22-40(3,52)21-48)46-39(45-36)55-23-41-11-6-8-31(41)47(13-7-12-41)18-25-19-49(20-25)24(2)50/h1,9-10,16-17,25,31,51-52H,6-8,11-15,18-23H2,2-4H3/t31?,40-,41+/m0/s1. The molecule has 55 heavy (non-hydrogen) atoms. The van der Waals surface area contributed by atoms with Gasteiger partial charge in [0.2, 0.25) is 11.8 Å². The van der Waals surface area contributed by atoms with Gasteiger partial charge in [0, 0.05) is 61.4 Å². The number of nitrogens with zero attached hydrogens (tertiary/aromatic N) is 6. The molecule has 290 valence electrons. The van der Waals surface area contributed by atoms with Gasteiger partial charge in [-0.15, -0.1) is 6.42 Å². The summed E-state index contributed by atoms with van der Waals surface area (Å²) in [6.45, 7) is 7.88. The molecule has 0 radical (unpaired) electrons. The lowest BCUT2D eigenvalue weighted by Gasteiger charge is -2.49. The quantitative estimate of drug-likeness (QED) is 0.238. The molecule has 12 nitrogen and oxygen atoms in total. The number of hydrogen-bond donors (Lipinski definition) is 2. The summed E-state index contributed by atoms with van der Waals surface area (Å²) in [5.41, 5.74) is -1.88. The van der Waals surface area contributed by atoms with Crippen molar-refractivity contribution in [3.05, 3.63) is 41.5 Å². The van der Waals surface area contributed by atoms with E-state index in [-0.39, 0.29) is 87.6 Å². The largest absolute Gasteiger partial charge is 0.508 e. The third kappa shape index (κ3) is 6.76. The zero-order valence-electron chi connectivity index (χ0n) is 31.4. The Kier molecular flexibility index (Phi) is 9.68. The molecule has 4 aromatic rings. The number of ether oxygens (including phenoxy) is 3. The Morgan fingerprint density at radius 1 is 1.13 bits per heavy atom. The van der Waals surface area contributed by atoms with Crippen LogP contribution in [0, 0.1) is 35.3 Å². The molecule has 0 spiro atoms. The number of benzene rings is 2. The van der Waals surface area contributed by atoms with Gasteiger partial charge < -0.3 is 34.2 Å². The van der Waals surface area contributed by atoms with E-state index in [1.807, 2.05) is 4.90 Å². The van der Waals surface area contributed by atoms with E-state index in [1.165, 1.54) is 31.4 Å². The molecule has 2 N–H and O–H groups in total. The minimum absolute atomic E-state index is 0.0235. The highest BCUT2D eigenvalue weighted by Crippen LogP contribution is 2.49. The van der Waals surface area contributed by atoms with Crippen molar-refractivity contribution in [1.82, 2.24) is 24.8 Å². The molecule has 0 bridgehead atoms. The fraction of sp³-hybridized carbons (Fsp3) is 0.512. The number of β-amino-alcohol motifs (C(OH)–C–C–N with tert-alkyl or cyclic N) is 1. The summed E-state index contributed by atoms with van der Waals surface area (Å²) >= 11 is 0. The van der Waals surface area contributed by atoms with Crippen LogP contribution < -0.4 is 14.4 Å². The molecule has 2 aromatic carbocycles. The fourth-order valence-corrected chi connectivity index (χ4v) is 9.37. The summed E-state index contributed by atoms with van der Waals surface area (Å²) in [5, 5.41) is 22.6. The Morgan fingerprint density at radius 3 is 2.69 bits per heavy atom. The van der Waals surface area contributed by atoms with E-state index < -0.39 is 17.2 Å². The number of terminal acetylenes is 1. The number of amides is 1. The summed E-state index contributed by atoms with van der Waals surface area (Å²) < 4.78 is 50.4. The number of methoxy groups -OCH3 is 1. The number of anilines is 1. The highest BCUT2D eigenvalue weighted by molar-refractivity contribution is 6.04. The van der Waals surface area contributed by atoms with Crippen LogP contribution in [0.1, 0.15) is 51.5 Å². The summed E-state index contributed by atoms with van der Waals surface area (Å²) in [5.74, 6) is 1.41. The zero-order valence-corrected chi connectivity index (χ0v) is 31.4. The first-order chi connectivity index (χ1) is 26.4. The number of pyridine rings is 1. The van der Waals surface area contributed by atoms with Crippen LogP contribution in [0.3, 0.4) is 0 Å². The van der Waals surface area contributed by atoms with Crippen molar-refractivity contribution >= 4 is 33.4 Å². The van der Waals surface area contributed by atoms with Gasteiger partial charge >= 0.3 is 6.01 Å². The zero-order chi connectivity index (χ0) is 38.6. The van der Waals surface area contributed by atoms with Gasteiger partial charge in [0.05, 0.1) is 39.0 Å². The van der Waals surface area contributed by atoms with Crippen molar-refractivity contribution in [2.75, 3.05) is 71.1 Å². The first-order valence-electron chi connectivity index (χ1n) is 18.9. The van der Waals surface area contributed by atoms with Gasteiger partial charge in [0.25, 0.3) is 0 Å². The van der Waals surface area contributed by atoms with Crippen molar-refractivity contribution in [3.8, 4) is 41.2 Å². The number of phenols is 1. The van der Waals surface area contributed by atoms with Crippen molar-refractivity contribution in [1.29, 1.82) is 0 Å². The van der Waals surface area contributed by atoms with Crippen LogP contribution in [-0.2, 0) is 9.53 Å². The van der Waals surface area contributed by atoms with Crippen LogP contribution >= 0.6 is 0 Å². The van der Waals surface area contributed by atoms with Crippen LogP contribution in [0.4, 0.5) is 14.6 Å². The molecule has 3 aliphatic heterocycles. The van der Waals surface area contributed by atoms with Gasteiger partial charge in [0.1, 0.15) is 39.6 Å². The molecule has 1 amide bonds. The van der Waals surface area contributed by atoms with E-state index in [1.54, 1.807) is 18.7 Å². The number of piperidine rings is 1. The number of fused-ring (bicyclic) bond motifs is 3. The number of carbonyl (C=O) groups excluding carboxylic acids is 1. The number of aromatic nitrogens is 3. The van der Waals surface area contributed by atoms with E-state index in [2.05, 4.69) is 20.8 Å². The number of likely N-dealkylation sites (tertiary alicyclic amines) is 2. The predicted molar refractivity (Wildman–Crippen MR) is 202 cm³/mol. The molecule has 4 aliphatic rings.